The van der Waals surface area contributed by atoms with E-state index in [1.54, 1.807) is 12.3 Å². The van der Waals surface area contributed by atoms with Crippen LogP contribution in [0.5, 0.6) is 5.75 Å². The number of aromatic nitrogens is 2. The number of hydrogen-bond donors (Lipinski definition) is 1. The Morgan fingerprint density at radius 1 is 1.28 bits per heavy atom. The number of alkyl halides is 2. The summed E-state index contributed by atoms with van der Waals surface area (Å²) in [6, 6.07) is 8.81. The number of allylic oxidation sites excluding steroid dienone is 1. The fraction of sp³-hybridized carbons (Fsp3) is 0.111. The van der Waals surface area contributed by atoms with Gasteiger partial charge in [-0.05, 0) is 48.4 Å². The number of nitrogen functional groups attached to an aromatic ring is 1. The molecule has 5 nitrogen and oxygen atoms in total. The molecule has 0 saturated carbocycles. The second kappa shape index (κ2) is 6.35. The number of ether oxygens (including phenoxy) is 1. The van der Waals surface area contributed by atoms with Gasteiger partial charge in [0.1, 0.15) is 11.3 Å². The van der Waals surface area contributed by atoms with Gasteiger partial charge in [-0.1, -0.05) is 6.58 Å². The van der Waals surface area contributed by atoms with Crippen LogP contribution in [0, 0.1) is 0 Å². The number of halogens is 2. The Bertz CT molecular complexity index is 1010. The summed E-state index contributed by atoms with van der Waals surface area (Å²) in [6.07, 6.45) is 1.63. The Balaban J connectivity index is 2.22. The predicted octanol–water partition coefficient (Wildman–Crippen LogP) is 3.60. The first kappa shape index (κ1) is 16.6. The van der Waals surface area contributed by atoms with Crippen LogP contribution < -0.4 is 16.0 Å². The highest BCUT2D eigenvalue weighted by atomic mass is 19.3. The smallest absolute Gasteiger partial charge is 0.387 e. The molecule has 7 heteroatoms. The van der Waals surface area contributed by atoms with Gasteiger partial charge in [0.25, 0.3) is 5.56 Å². The second-order valence-corrected chi connectivity index (χ2v) is 5.52. The van der Waals surface area contributed by atoms with E-state index < -0.39 is 6.61 Å². The molecular weight excluding hydrogens is 328 g/mol. The van der Waals surface area contributed by atoms with Crippen molar-refractivity contribution in [1.29, 1.82) is 0 Å². The maximum Gasteiger partial charge on any atom is 0.387 e. The molecule has 0 unspecified atom stereocenters. The minimum absolute atomic E-state index is 0.00676. The lowest BCUT2D eigenvalue weighted by atomic mass is 10.1. The van der Waals surface area contributed by atoms with E-state index in [1.807, 2.05) is 6.92 Å². The number of fused-ring (bicyclic) bond motifs is 1. The van der Waals surface area contributed by atoms with Crippen molar-refractivity contribution >= 4 is 22.3 Å². The molecule has 0 fully saturated rings. The molecule has 0 aliphatic carbocycles. The van der Waals surface area contributed by atoms with Crippen LogP contribution in [-0.4, -0.2) is 16.2 Å². The minimum atomic E-state index is -2.91. The minimum Gasteiger partial charge on any atom is -0.435 e. The average Bonchev–Trinajstić information content (AvgIpc) is 2.55. The van der Waals surface area contributed by atoms with E-state index in [2.05, 4.69) is 16.3 Å². The van der Waals surface area contributed by atoms with Gasteiger partial charge in [0, 0.05) is 18.0 Å². The van der Waals surface area contributed by atoms with Gasteiger partial charge in [0.2, 0.25) is 0 Å². The van der Waals surface area contributed by atoms with Crippen molar-refractivity contribution in [2.75, 3.05) is 5.73 Å². The van der Waals surface area contributed by atoms with Gasteiger partial charge in [-0.3, -0.25) is 14.3 Å². The molecule has 128 valence electrons. The average molecular weight is 343 g/mol. The van der Waals surface area contributed by atoms with Crippen molar-refractivity contribution in [2.24, 2.45) is 0 Å². The first-order chi connectivity index (χ1) is 11.9. The topological polar surface area (TPSA) is 70.1 Å². The Morgan fingerprint density at radius 3 is 2.56 bits per heavy atom. The molecule has 0 aliphatic heterocycles. The Labute approximate surface area is 142 Å². The number of nitrogens with two attached hydrogens (primary N) is 1. The van der Waals surface area contributed by atoms with Crippen molar-refractivity contribution in [3.63, 3.8) is 0 Å². The Morgan fingerprint density at radius 2 is 1.96 bits per heavy atom. The monoisotopic (exact) mass is 343 g/mol. The summed E-state index contributed by atoms with van der Waals surface area (Å²) in [4.78, 5) is 16.8. The quantitative estimate of drug-likeness (QED) is 0.786. The number of rotatable bonds is 4. The van der Waals surface area contributed by atoms with Gasteiger partial charge in [0.05, 0.1) is 11.2 Å². The molecular formula is C18H15F2N3O2. The highest BCUT2D eigenvalue weighted by Gasteiger charge is 2.12. The number of hydrogen-bond acceptors (Lipinski definition) is 4. The SMILES string of the molecule is C=C(C)c1cnc2c(N)cc(=O)n(-c3ccc(OC(F)F)cc3)c2c1. The molecule has 3 aromatic rings. The van der Waals surface area contributed by atoms with Crippen molar-refractivity contribution in [2.45, 2.75) is 13.5 Å². The summed E-state index contributed by atoms with van der Waals surface area (Å²) < 4.78 is 30.3. The van der Waals surface area contributed by atoms with E-state index in [0.717, 1.165) is 11.1 Å². The third-order valence-electron chi connectivity index (χ3n) is 3.69. The molecule has 25 heavy (non-hydrogen) atoms. The summed E-state index contributed by atoms with van der Waals surface area (Å²) in [7, 11) is 0. The molecule has 2 N–H and O–H groups in total. The van der Waals surface area contributed by atoms with Crippen molar-refractivity contribution in [3.05, 3.63) is 65.1 Å². The number of pyridine rings is 2. The normalized spacial score (nSPS) is 11.0. The van der Waals surface area contributed by atoms with Crippen LogP contribution in [0.2, 0.25) is 0 Å². The van der Waals surface area contributed by atoms with E-state index in [1.165, 1.54) is 34.9 Å². The third kappa shape index (κ3) is 3.21. The highest BCUT2D eigenvalue weighted by molar-refractivity contribution is 5.89. The Hall–Kier alpha value is -3.22. The number of anilines is 1. The summed E-state index contributed by atoms with van der Waals surface area (Å²) in [5.74, 6) is 0.00676. The molecule has 0 radical (unpaired) electrons. The molecule has 0 aliphatic rings. The fourth-order valence-corrected chi connectivity index (χ4v) is 2.51. The summed E-state index contributed by atoms with van der Waals surface area (Å²) in [6.45, 7) is 2.79. The van der Waals surface area contributed by atoms with Gasteiger partial charge in [0.15, 0.2) is 0 Å². The first-order valence-electron chi connectivity index (χ1n) is 7.39. The largest absolute Gasteiger partial charge is 0.435 e. The lowest BCUT2D eigenvalue weighted by molar-refractivity contribution is -0.0498. The lowest BCUT2D eigenvalue weighted by Crippen LogP contribution is -2.19. The number of nitrogens with zero attached hydrogens (tertiary/aromatic N) is 2. The lowest BCUT2D eigenvalue weighted by Gasteiger charge is -2.13. The maximum atomic E-state index is 12.5. The van der Waals surface area contributed by atoms with Crippen LogP contribution in [0.3, 0.4) is 0 Å². The van der Waals surface area contributed by atoms with Crippen LogP contribution in [0.25, 0.3) is 22.3 Å². The van der Waals surface area contributed by atoms with Crippen molar-refractivity contribution in [3.8, 4) is 11.4 Å². The Kier molecular flexibility index (Phi) is 4.22. The fourth-order valence-electron chi connectivity index (χ4n) is 2.51. The van der Waals surface area contributed by atoms with Crippen LogP contribution in [-0.2, 0) is 0 Å². The molecule has 2 heterocycles. The van der Waals surface area contributed by atoms with Crippen LogP contribution in [0.4, 0.5) is 14.5 Å². The molecule has 1 aromatic carbocycles. The van der Waals surface area contributed by atoms with Crippen molar-refractivity contribution < 1.29 is 13.5 Å². The number of benzene rings is 1. The molecule has 2 aromatic heterocycles. The first-order valence-corrected chi connectivity index (χ1v) is 7.39. The summed E-state index contributed by atoms with van der Waals surface area (Å²) >= 11 is 0. The van der Waals surface area contributed by atoms with Gasteiger partial charge < -0.3 is 10.5 Å². The summed E-state index contributed by atoms with van der Waals surface area (Å²) in [5, 5.41) is 0. The molecule has 0 atom stereocenters. The van der Waals surface area contributed by atoms with Gasteiger partial charge >= 0.3 is 6.61 Å². The van der Waals surface area contributed by atoms with E-state index in [9.17, 15) is 13.6 Å². The standard InChI is InChI=1S/C18H15F2N3O2/c1-10(2)11-7-15-17(22-9-11)14(21)8-16(24)23(15)12-3-5-13(6-4-12)25-18(19)20/h3-9,18H,1,21H2,2H3. The maximum absolute atomic E-state index is 12.5. The van der Waals surface area contributed by atoms with Crippen LogP contribution in [0.15, 0.2) is 54.0 Å². The van der Waals surface area contributed by atoms with Gasteiger partial charge in [-0.25, -0.2) is 0 Å². The van der Waals surface area contributed by atoms with Gasteiger partial charge in [-0.15, -0.1) is 0 Å². The van der Waals surface area contributed by atoms with E-state index in [0.29, 0.717) is 16.7 Å². The molecule has 0 bridgehead atoms. The van der Waals surface area contributed by atoms with Crippen molar-refractivity contribution in [1.82, 2.24) is 9.55 Å². The second-order valence-electron chi connectivity index (χ2n) is 5.52. The summed E-state index contributed by atoms with van der Waals surface area (Å²) in [5.41, 5.74) is 8.84. The molecule has 0 spiro atoms. The zero-order chi connectivity index (χ0) is 18.1. The zero-order valence-corrected chi connectivity index (χ0v) is 13.4. The third-order valence-corrected chi connectivity index (χ3v) is 3.69. The zero-order valence-electron chi connectivity index (χ0n) is 13.4. The van der Waals surface area contributed by atoms with E-state index in [-0.39, 0.29) is 17.0 Å². The highest BCUT2D eigenvalue weighted by Crippen LogP contribution is 2.24. The van der Waals surface area contributed by atoms with E-state index >= 15 is 0 Å². The predicted molar refractivity (Wildman–Crippen MR) is 93.1 cm³/mol. The van der Waals surface area contributed by atoms with Gasteiger partial charge in [-0.2, -0.15) is 8.78 Å². The molecule has 3 rings (SSSR count). The van der Waals surface area contributed by atoms with Crippen LogP contribution >= 0.6 is 0 Å². The van der Waals surface area contributed by atoms with Crippen LogP contribution in [0.1, 0.15) is 12.5 Å². The molecule has 0 saturated heterocycles. The molecule has 0 amide bonds. The van der Waals surface area contributed by atoms with E-state index in [4.69, 9.17) is 5.73 Å².